The summed E-state index contributed by atoms with van der Waals surface area (Å²) in [5, 5.41) is 3.47. The smallest absolute Gasteiger partial charge is 0.0406 e. The first-order valence-corrected chi connectivity index (χ1v) is 3.15. The highest BCUT2D eigenvalue weighted by molar-refractivity contribution is 5.53. The largest absolute Gasteiger partial charge is 0.399 e. The molecule has 0 aliphatic carbocycles. The minimum Gasteiger partial charge on any atom is -0.399 e. The van der Waals surface area contributed by atoms with Crippen molar-refractivity contribution in [2.75, 3.05) is 5.73 Å². The van der Waals surface area contributed by atoms with Gasteiger partial charge in [-0.1, -0.05) is 11.2 Å². The molecule has 0 spiro atoms. The molecule has 0 aromatic heterocycles. The van der Waals surface area contributed by atoms with Gasteiger partial charge in [0.05, 0.1) is 0 Å². The Balaban J connectivity index is 3.19. The highest BCUT2D eigenvalue weighted by Crippen LogP contribution is 2.20. The number of benzene rings is 1. The summed E-state index contributed by atoms with van der Waals surface area (Å²) in [6.45, 7) is 1.85. The minimum atomic E-state index is 0.627. The van der Waals surface area contributed by atoms with E-state index in [0.717, 1.165) is 5.56 Å². The second-order valence-electron chi connectivity index (χ2n) is 2.24. The number of anilines is 1. The van der Waals surface area contributed by atoms with Crippen LogP contribution in [0.25, 0.3) is 10.4 Å². The van der Waals surface area contributed by atoms with E-state index in [2.05, 4.69) is 10.0 Å². The van der Waals surface area contributed by atoms with Crippen LogP contribution in [-0.2, 0) is 0 Å². The molecule has 1 rings (SSSR count). The van der Waals surface area contributed by atoms with Crippen LogP contribution in [0.2, 0.25) is 0 Å². The first-order chi connectivity index (χ1) is 5.24. The summed E-state index contributed by atoms with van der Waals surface area (Å²) in [7, 11) is 0. The monoisotopic (exact) mass is 148 g/mol. The van der Waals surface area contributed by atoms with E-state index in [-0.39, 0.29) is 0 Å². The van der Waals surface area contributed by atoms with Crippen LogP contribution in [-0.4, -0.2) is 0 Å². The standard InChI is InChI=1S/C7H8N4/c1-5-4-6(8)2-3-7(5)10-11-9/h2-4H,8H2,1H3. The third kappa shape index (κ3) is 1.63. The lowest BCUT2D eigenvalue weighted by Gasteiger charge is -1.98. The van der Waals surface area contributed by atoms with Crippen molar-refractivity contribution in [3.63, 3.8) is 0 Å². The van der Waals surface area contributed by atoms with Gasteiger partial charge in [-0.15, -0.1) is 0 Å². The number of azide groups is 1. The Labute approximate surface area is 64.3 Å². The molecule has 11 heavy (non-hydrogen) atoms. The first kappa shape index (κ1) is 7.44. The Morgan fingerprint density at radius 2 is 2.27 bits per heavy atom. The summed E-state index contributed by atoms with van der Waals surface area (Å²) in [5.41, 5.74) is 15.8. The molecule has 4 heteroatoms. The molecule has 0 aliphatic rings. The normalized spacial score (nSPS) is 8.82. The lowest BCUT2D eigenvalue weighted by atomic mass is 10.2. The van der Waals surface area contributed by atoms with E-state index in [1.807, 2.05) is 6.92 Å². The van der Waals surface area contributed by atoms with E-state index in [0.29, 0.717) is 11.4 Å². The molecule has 0 unspecified atom stereocenters. The predicted molar refractivity (Wildman–Crippen MR) is 44.4 cm³/mol. The third-order valence-electron chi connectivity index (χ3n) is 1.37. The van der Waals surface area contributed by atoms with Gasteiger partial charge in [0.25, 0.3) is 0 Å². The Morgan fingerprint density at radius 3 is 2.82 bits per heavy atom. The number of nitrogens with two attached hydrogens (primary N) is 1. The van der Waals surface area contributed by atoms with Gasteiger partial charge >= 0.3 is 0 Å². The van der Waals surface area contributed by atoms with Crippen LogP contribution in [0.3, 0.4) is 0 Å². The van der Waals surface area contributed by atoms with Crippen molar-refractivity contribution in [1.29, 1.82) is 0 Å². The Hall–Kier alpha value is -1.67. The lowest BCUT2D eigenvalue weighted by Crippen LogP contribution is -1.84. The maximum atomic E-state index is 8.14. The van der Waals surface area contributed by atoms with Crippen molar-refractivity contribution >= 4 is 11.4 Å². The highest BCUT2D eigenvalue weighted by atomic mass is 15.1. The van der Waals surface area contributed by atoms with E-state index in [9.17, 15) is 0 Å². The highest BCUT2D eigenvalue weighted by Gasteiger charge is 1.93. The Bertz CT molecular complexity index is 312. The molecule has 1 aromatic rings. The van der Waals surface area contributed by atoms with E-state index in [1.54, 1.807) is 18.2 Å². The zero-order valence-corrected chi connectivity index (χ0v) is 6.15. The quantitative estimate of drug-likeness (QED) is 0.282. The van der Waals surface area contributed by atoms with Crippen molar-refractivity contribution in [2.24, 2.45) is 5.11 Å². The van der Waals surface area contributed by atoms with E-state index in [1.165, 1.54) is 0 Å². The van der Waals surface area contributed by atoms with E-state index >= 15 is 0 Å². The van der Waals surface area contributed by atoms with Crippen LogP contribution < -0.4 is 5.73 Å². The van der Waals surface area contributed by atoms with Crippen molar-refractivity contribution in [2.45, 2.75) is 6.92 Å². The second kappa shape index (κ2) is 2.94. The topological polar surface area (TPSA) is 74.8 Å². The van der Waals surface area contributed by atoms with Crippen LogP contribution in [0.1, 0.15) is 5.56 Å². The van der Waals surface area contributed by atoms with Crippen molar-refractivity contribution < 1.29 is 0 Å². The van der Waals surface area contributed by atoms with Gasteiger partial charge in [0, 0.05) is 16.3 Å². The van der Waals surface area contributed by atoms with Gasteiger partial charge in [0.2, 0.25) is 0 Å². The van der Waals surface area contributed by atoms with Gasteiger partial charge in [-0.05, 0) is 30.2 Å². The minimum absolute atomic E-state index is 0.627. The summed E-state index contributed by atoms with van der Waals surface area (Å²) in [4.78, 5) is 2.68. The maximum Gasteiger partial charge on any atom is 0.0406 e. The zero-order valence-electron chi connectivity index (χ0n) is 6.15. The van der Waals surface area contributed by atoms with Gasteiger partial charge < -0.3 is 5.73 Å². The Morgan fingerprint density at radius 1 is 1.55 bits per heavy atom. The lowest BCUT2D eigenvalue weighted by molar-refractivity contribution is 1.38. The van der Waals surface area contributed by atoms with Crippen molar-refractivity contribution in [3.8, 4) is 0 Å². The van der Waals surface area contributed by atoms with E-state index in [4.69, 9.17) is 11.3 Å². The number of aryl methyl sites for hydroxylation is 1. The molecule has 0 fully saturated rings. The molecule has 4 nitrogen and oxygen atoms in total. The van der Waals surface area contributed by atoms with E-state index < -0.39 is 0 Å². The number of hydrogen-bond donors (Lipinski definition) is 1. The fourth-order valence-corrected chi connectivity index (χ4v) is 0.839. The average molecular weight is 148 g/mol. The van der Waals surface area contributed by atoms with Gasteiger partial charge in [-0.25, -0.2) is 0 Å². The molecule has 0 amide bonds. The molecule has 0 bridgehead atoms. The number of nitrogens with zero attached hydrogens (tertiary/aromatic N) is 3. The summed E-state index contributed by atoms with van der Waals surface area (Å²) >= 11 is 0. The summed E-state index contributed by atoms with van der Waals surface area (Å²) in [6, 6.07) is 5.17. The fraction of sp³-hybridized carbons (Fsp3) is 0.143. The molecule has 1 aromatic carbocycles. The molecule has 0 saturated carbocycles. The Kier molecular flexibility index (Phi) is 1.99. The molecule has 2 N–H and O–H groups in total. The first-order valence-electron chi connectivity index (χ1n) is 3.15. The van der Waals surface area contributed by atoms with Gasteiger partial charge in [0.1, 0.15) is 0 Å². The van der Waals surface area contributed by atoms with Gasteiger partial charge in [0.15, 0.2) is 0 Å². The summed E-state index contributed by atoms with van der Waals surface area (Å²) in [6.07, 6.45) is 0. The zero-order chi connectivity index (χ0) is 8.27. The third-order valence-corrected chi connectivity index (χ3v) is 1.37. The van der Waals surface area contributed by atoms with Crippen LogP contribution in [0, 0.1) is 6.92 Å². The number of rotatable bonds is 1. The average Bonchev–Trinajstić information content (AvgIpc) is 1.95. The number of hydrogen-bond acceptors (Lipinski definition) is 2. The molecule has 56 valence electrons. The van der Waals surface area contributed by atoms with Crippen molar-refractivity contribution in [1.82, 2.24) is 0 Å². The van der Waals surface area contributed by atoms with Crippen LogP contribution in [0.15, 0.2) is 23.3 Å². The maximum absolute atomic E-state index is 8.14. The molecule has 0 heterocycles. The fourth-order valence-electron chi connectivity index (χ4n) is 0.839. The molecular formula is C7H8N4. The molecule has 0 saturated heterocycles. The SMILES string of the molecule is Cc1cc(N)ccc1N=[N+]=[N-]. The number of nitrogen functional groups attached to an aromatic ring is 1. The van der Waals surface area contributed by atoms with Crippen LogP contribution in [0.4, 0.5) is 11.4 Å². The van der Waals surface area contributed by atoms with Crippen molar-refractivity contribution in [3.05, 3.63) is 34.2 Å². The molecule has 0 aliphatic heterocycles. The van der Waals surface area contributed by atoms with Crippen LogP contribution >= 0.6 is 0 Å². The van der Waals surface area contributed by atoms with Crippen LogP contribution in [0.5, 0.6) is 0 Å². The molecule has 0 atom stereocenters. The summed E-state index contributed by atoms with van der Waals surface area (Å²) in [5.74, 6) is 0. The van der Waals surface area contributed by atoms with Gasteiger partial charge in [-0.2, -0.15) is 0 Å². The second-order valence-corrected chi connectivity index (χ2v) is 2.24. The summed E-state index contributed by atoms with van der Waals surface area (Å²) < 4.78 is 0. The van der Waals surface area contributed by atoms with Gasteiger partial charge in [-0.3, -0.25) is 0 Å². The predicted octanol–water partition coefficient (Wildman–Crippen LogP) is 2.52. The molecule has 0 radical (unpaired) electrons. The molecular weight excluding hydrogens is 140 g/mol.